The lowest BCUT2D eigenvalue weighted by Crippen LogP contribution is -2.51. The average Bonchev–Trinajstić information content (AvgIpc) is 3.55. The van der Waals surface area contributed by atoms with Gasteiger partial charge >= 0.3 is 0 Å². The third kappa shape index (κ3) is 3.46. The monoisotopic (exact) mass is 593 g/mol. The highest BCUT2D eigenvalue weighted by molar-refractivity contribution is 9.10. The molecule has 3 atom stereocenters. The van der Waals surface area contributed by atoms with Crippen LogP contribution >= 0.6 is 15.9 Å². The van der Waals surface area contributed by atoms with Gasteiger partial charge in [0.2, 0.25) is 29.0 Å². The van der Waals surface area contributed by atoms with E-state index in [9.17, 15) is 19.2 Å². The second-order valence-corrected chi connectivity index (χ2v) is 10.9. The Morgan fingerprint density at radius 1 is 0.675 bits per heavy atom. The quantitative estimate of drug-likeness (QED) is 0.215. The molecule has 40 heavy (non-hydrogen) atoms. The normalized spacial score (nSPS) is 22.6. The highest BCUT2D eigenvalue weighted by atomic mass is 79.9. The molecule has 1 aliphatic carbocycles. The maximum absolute atomic E-state index is 14.1. The van der Waals surface area contributed by atoms with E-state index in [1.54, 1.807) is 72.8 Å². The zero-order chi connectivity index (χ0) is 27.6. The number of carbonyl (C=O) groups excluding carboxylic acids is 4. The summed E-state index contributed by atoms with van der Waals surface area (Å²) >= 11 is 3.39. The summed E-state index contributed by atoms with van der Waals surface area (Å²) in [6, 6.07) is 29.3. The number of hydrogen-bond acceptors (Lipinski definition) is 6. The Bertz CT molecular complexity index is 1660. The molecular weight excluding hydrogens is 574 g/mol. The van der Waals surface area contributed by atoms with Crippen LogP contribution in [0.1, 0.15) is 32.4 Å². The number of ketones is 2. The number of rotatable bonds is 4. The standard InChI is InChI=1S/C32H20BrNO6/c33-19-10-14-21(15-11-19)39-22-16-12-20(13-17-22)34-30(37)25-26(31(34)38)32(40-27(25)18-6-2-1-3-7-18)28(35)23-8-4-5-9-24(23)29(32)36/h1-17,25-27H/t25-,26-,27-/m0/s1. The van der Waals surface area contributed by atoms with Crippen molar-refractivity contribution in [1.82, 2.24) is 0 Å². The summed E-state index contributed by atoms with van der Waals surface area (Å²) in [4.78, 5) is 56.8. The molecule has 2 aliphatic heterocycles. The molecule has 0 bridgehead atoms. The fourth-order valence-electron chi connectivity index (χ4n) is 6.02. The Morgan fingerprint density at radius 3 is 1.82 bits per heavy atom. The van der Waals surface area contributed by atoms with Gasteiger partial charge in [-0.3, -0.25) is 19.2 Å². The highest BCUT2D eigenvalue weighted by Crippen LogP contribution is 2.57. The van der Waals surface area contributed by atoms with Gasteiger partial charge in [-0.05, 0) is 54.1 Å². The van der Waals surface area contributed by atoms with Gasteiger partial charge in [-0.2, -0.15) is 0 Å². The second-order valence-electron chi connectivity index (χ2n) is 9.95. The molecule has 0 unspecified atom stereocenters. The van der Waals surface area contributed by atoms with Crippen LogP contribution in [0.15, 0.2) is 108 Å². The van der Waals surface area contributed by atoms with Gasteiger partial charge in [-0.15, -0.1) is 0 Å². The molecule has 4 aromatic carbocycles. The van der Waals surface area contributed by atoms with Gasteiger partial charge in [-0.1, -0.05) is 70.5 Å². The van der Waals surface area contributed by atoms with Crippen molar-refractivity contribution in [3.8, 4) is 11.5 Å². The molecule has 2 fully saturated rings. The number of imide groups is 1. The van der Waals surface area contributed by atoms with E-state index >= 15 is 0 Å². The zero-order valence-corrected chi connectivity index (χ0v) is 22.4. The van der Waals surface area contributed by atoms with Crippen LogP contribution < -0.4 is 9.64 Å². The molecule has 2 saturated heterocycles. The topological polar surface area (TPSA) is 90.0 Å². The smallest absolute Gasteiger partial charge is 0.241 e. The summed E-state index contributed by atoms with van der Waals surface area (Å²) in [5.74, 6) is -3.51. The van der Waals surface area contributed by atoms with E-state index in [0.717, 1.165) is 9.37 Å². The van der Waals surface area contributed by atoms with Crippen LogP contribution in [0.4, 0.5) is 5.69 Å². The first-order chi connectivity index (χ1) is 19.4. The fraction of sp³-hybridized carbons (Fsp3) is 0.125. The lowest BCUT2D eigenvalue weighted by molar-refractivity contribution is -0.127. The molecule has 7 rings (SSSR count). The summed E-state index contributed by atoms with van der Waals surface area (Å²) in [6.07, 6.45) is -0.949. The van der Waals surface area contributed by atoms with E-state index in [-0.39, 0.29) is 11.1 Å². The van der Waals surface area contributed by atoms with Crippen molar-refractivity contribution in [2.45, 2.75) is 11.7 Å². The minimum atomic E-state index is -2.10. The van der Waals surface area contributed by atoms with Crippen LogP contribution in [0.3, 0.4) is 0 Å². The van der Waals surface area contributed by atoms with Gasteiger partial charge in [0.1, 0.15) is 11.5 Å². The first kappa shape index (κ1) is 24.6. The van der Waals surface area contributed by atoms with Crippen molar-refractivity contribution in [3.63, 3.8) is 0 Å². The first-order valence-electron chi connectivity index (χ1n) is 12.7. The zero-order valence-electron chi connectivity index (χ0n) is 20.8. The molecule has 7 nitrogen and oxygen atoms in total. The number of halogens is 1. The molecule has 8 heteroatoms. The number of benzene rings is 4. The Morgan fingerprint density at radius 2 is 1.23 bits per heavy atom. The average molecular weight is 594 g/mol. The minimum Gasteiger partial charge on any atom is -0.457 e. The van der Waals surface area contributed by atoms with E-state index in [0.29, 0.717) is 22.7 Å². The van der Waals surface area contributed by atoms with E-state index in [1.165, 1.54) is 0 Å². The summed E-state index contributed by atoms with van der Waals surface area (Å²) < 4.78 is 13.1. The molecule has 3 aliphatic rings. The van der Waals surface area contributed by atoms with Gasteiger partial charge in [0.05, 0.1) is 23.6 Å². The van der Waals surface area contributed by atoms with Crippen LogP contribution in [0.5, 0.6) is 11.5 Å². The molecule has 1 spiro atoms. The molecule has 0 radical (unpaired) electrons. The van der Waals surface area contributed by atoms with Crippen LogP contribution in [-0.2, 0) is 14.3 Å². The number of nitrogens with zero attached hydrogens (tertiary/aromatic N) is 1. The molecule has 0 aromatic heterocycles. The van der Waals surface area contributed by atoms with Crippen molar-refractivity contribution in [1.29, 1.82) is 0 Å². The molecule has 196 valence electrons. The summed E-state index contributed by atoms with van der Waals surface area (Å²) in [5, 5.41) is 0. The molecular formula is C32H20BrNO6. The Hall–Kier alpha value is -4.40. The number of Topliss-reactive ketones (excluding diaryl/α,β-unsaturated/α-hetero) is 2. The summed E-state index contributed by atoms with van der Waals surface area (Å²) in [5.41, 5.74) is -0.751. The number of carbonyl (C=O) groups is 4. The predicted octanol–water partition coefficient (Wildman–Crippen LogP) is 5.94. The van der Waals surface area contributed by atoms with Gasteiger partial charge in [0.15, 0.2) is 0 Å². The number of anilines is 1. The second kappa shape index (κ2) is 9.08. The molecule has 2 heterocycles. The third-order valence-electron chi connectivity index (χ3n) is 7.79. The SMILES string of the molecule is O=C1[C@H]2[C@@H](C(=O)N1c1ccc(Oc3ccc(Br)cc3)cc1)C1(O[C@H]2c2ccccc2)C(=O)c2ccccc2C1=O. The molecule has 0 saturated carbocycles. The van der Waals surface area contributed by atoms with Crippen LogP contribution in [-0.4, -0.2) is 29.0 Å². The van der Waals surface area contributed by atoms with Gasteiger partial charge in [-0.25, -0.2) is 4.90 Å². The summed E-state index contributed by atoms with van der Waals surface area (Å²) in [7, 11) is 0. The van der Waals surface area contributed by atoms with Crippen molar-refractivity contribution >= 4 is 45.0 Å². The largest absolute Gasteiger partial charge is 0.457 e. The van der Waals surface area contributed by atoms with Crippen molar-refractivity contribution in [2.24, 2.45) is 11.8 Å². The maximum Gasteiger partial charge on any atom is 0.241 e. The third-order valence-corrected chi connectivity index (χ3v) is 8.32. The number of amides is 2. The predicted molar refractivity (Wildman–Crippen MR) is 148 cm³/mol. The first-order valence-corrected chi connectivity index (χ1v) is 13.5. The molecule has 4 aromatic rings. The van der Waals surface area contributed by atoms with Crippen LogP contribution in [0.2, 0.25) is 0 Å². The van der Waals surface area contributed by atoms with E-state index < -0.39 is 46.9 Å². The Balaban J connectivity index is 1.28. The van der Waals surface area contributed by atoms with E-state index in [2.05, 4.69) is 15.9 Å². The molecule has 2 amide bonds. The lowest BCUT2D eigenvalue weighted by atomic mass is 9.77. The Kier molecular flexibility index (Phi) is 5.59. The minimum absolute atomic E-state index is 0.202. The number of fused-ring (bicyclic) bond motifs is 3. The summed E-state index contributed by atoms with van der Waals surface area (Å²) in [6.45, 7) is 0. The number of ether oxygens (including phenoxy) is 2. The maximum atomic E-state index is 14.1. The van der Waals surface area contributed by atoms with Crippen molar-refractivity contribution in [3.05, 3.63) is 124 Å². The molecule has 0 N–H and O–H groups in total. The van der Waals surface area contributed by atoms with Crippen LogP contribution in [0, 0.1) is 11.8 Å². The van der Waals surface area contributed by atoms with E-state index in [4.69, 9.17) is 9.47 Å². The Labute approximate surface area is 237 Å². The fourth-order valence-corrected chi connectivity index (χ4v) is 6.28. The van der Waals surface area contributed by atoms with Crippen LogP contribution in [0.25, 0.3) is 0 Å². The van der Waals surface area contributed by atoms with Gasteiger partial charge in [0, 0.05) is 15.6 Å². The number of hydrogen-bond donors (Lipinski definition) is 0. The van der Waals surface area contributed by atoms with Gasteiger partial charge in [0.25, 0.3) is 0 Å². The van der Waals surface area contributed by atoms with Crippen molar-refractivity contribution < 1.29 is 28.7 Å². The highest BCUT2D eigenvalue weighted by Gasteiger charge is 2.74. The van der Waals surface area contributed by atoms with Gasteiger partial charge < -0.3 is 9.47 Å². The lowest BCUT2D eigenvalue weighted by Gasteiger charge is -2.27. The van der Waals surface area contributed by atoms with Crippen molar-refractivity contribution in [2.75, 3.05) is 4.90 Å². The van der Waals surface area contributed by atoms with E-state index in [1.807, 2.05) is 30.3 Å².